The van der Waals surface area contributed by atoms with Gasteiger partial charge in [-0.3, -0.25) is 4.79 Å². The second kappa shape index (κ2) is 6.77. The van der Waals surface area contributed by atoms with Gasteiger partial charge >= 0.3 is 6.18 Å². The number of ether oxygens (including phenoxy) is 1. The van der Waals surface area contributed by atoms with Crippen LogP contribution >= 0.6 is 11.6 Å². The van der Waals surface area contributed by atoms with Crippen molar-refractivity contribution in [1.82, 2.24) is 5.32 Å². The number of carbonyl (C=O) groups excluding carboxylic acids is 1. The van der Waals surface area contributed by atoms with Crippen LogP contribution in [0.15, 0.2) is 24.3 Å². The minimum atomic E-state index is -4.51. The molecular weight excluding hydrogens is 283 g/mol. The molecule has 1 atom stereocenters. The summed E-state index contributed by atoms with van der Waals surface area (Å²) in [6, 6.07) is 6.71. The SMILES string of the molecule is CO[C@@H](CNC(=O)CC(F)(F)F)c1cccc(Cl)c1. The van der Waals surface area contributed by atoms with Crippen LogP contribution in [-0.2, 0) is 9.53 Å². The van der Waals surface area contributed by atoms with Gasteiger partial charge in [-0.1, -0.05) is 23.7 Å². The molecule has 1 aromatic carbocycles. The predicted molar refractivity (Wildman–Crippen MR) is 64.9 cm³/mol. The van der Waals surface area contributed by atoms with Crippen molar-refractivity contribution in [3.8, 4) is 0 Å². The van der Waals surface area contributed by atoms with E-state index < -0.39 is 24.6 Å². The van der Waals surface area contributed by atoms with Crippen LogP contribution in [-0.4, -0.2) is 25.7 Å². The third-order valence-corrected chi connectivity index (χ3v) is 2.59. The molecule has 0 saturated carbocycles. The highest BCUT2D eigenvalue weighted by Crippen LogP contribution is 2.21. The molecule has 0 fully saturated rings. The van der Waals surface area contributed by atoms with Crippen molar-refractivity contribution >= 4 is 17.5 Å². The summed E-state index contributed by atoms with van der Waals surface area (Å²) in [5.41, 5.74) is 0.683. The fraction of sp³-hybridized carbons (Fsp3) is 0.417. The first-order valence-electron chi connectivity index (χ1n) is 5.43. The molecule has 0 bridgehead atoms. The van der Waals surface area contributed by atoms with Gasteiger partial charge in [0.25, 0.3) is 0 Å². The molecule has 0 unspecified atom stereocenters. The lowest BCUT2D eigenvalue weighted by Crippen LogP contribution is -2.32. The molecule has 1 aromatic rings. The van der Waals surface area contributed by atoms with Crippen LogP contribution in [0.3, 0.4) is 0 Å². The minimum absolute atomic E-state index is 0.0498. The summed E-state index contributed by atoms with van der Waals surface area (Å²) in [6.07, 6.45) is -6.56. The van der Waals surface area contributed by atoms with Gasteiger partial charge in [0.2, 0.25) is 5.91 Å². The van der Waals surface area contributed by atoms with Crippen LogP contribution < -0.4 is 5.32 Å². The van der Waals surface area contributed by atoms with Gasteiger partial charge in [0.1, 0.15) is 6.42 Å². The van der Waals surface area contributed by atoms with Crippen molar-refractivity contribution in [2.45, 2.75) is 18.7 Å². The average molecular weight is 296 g/mol. The van der Waals surface area contributed by atoms with Crippen molar-refractivity contribution in [2.24, 2.45) is 0 Å². The lowest BCUT2D eigenvalue weighted by atomic mass is 10.1. The van der Waals surface area contributed by atoms with E-state index in [-0.39, 0.29) is 6.54 Å². The molecule has 0 aromatic heterocycles. The molecule has 1 amide bonds. The van der Waals surface area contributed by atoms with Gasteiger partial charge < -0.3 is 10.1 Å². The molecule has 0 saturated heterocycles. The van der Waals surface area contributed by atoms with E-state index in [4.69, 9.17) is 16.3 Å². The average Bonchev–Trinajstić information content (AvgIpc) is 2.27. The number of hydrogen-bond donors (Lipinski definition) is 1. The maximum Gasteiger partial charge on any atom is 0.397 e. The van der Waals surface area contributed by atoms with E-state index >= 15 is 0 Å². The molecule has 106 valence electrons. The standard InChI is InChI=1S/C12H13ClF3NO2/c1-19-10(8-3-2-4-9(13)5-8)7-17-11(18)6-12(14,15)16/h2-5,10H,6-7H2,1H3,(H,17,18)/t10-/m0/s1. The van der Waals surface area contributed by atoms with E-state index in [0.29, 0.717) is 10.6 Å². The summed E-state index contributed by atoms with van der Waals surface area (Å²) in [6.45, 7) is -0.0498. The van der Waals surface area contributed by atoms with Gasteiger partial charge in [0, 0.05) is 18.7 Å². The van der Waals surface area contributed by atoms with Gasteiger partial charge in [0.05, 0.1) is 6.10 Å². The molecule has 0 radical (unpaired) electrons. The molecule has 3 nitrogen and oxygen atoms in total. The summed E-state index contributed by atoms with van der Waals surface area (Å²) < 4.78 is 41.1. The van der Waals surface area contributed by atoms with Crippen molar-refractivity contribution in [3.63, 3.8) is 0 Å². The van der Waals surface area contributed by atoms with E-state index in [1.54, 1.807) is 24.3 Å². The first kappa shape index (κ1) is 15.8. The van der Waals surface area contributed by atoms with E-state index in [2.05, 4.69) is 5.32 Å². The first-order chi connectivity index (χ1) is 8.81. The maximum absolute atomic E-state index is 12.0. The highest BCUT2D eigenvalue weighted by atomic mass is 35.5. The van der Waals surface area contributed by atoms with Crippen LogP contribution in [0.25, 0.3) is 0 Å². The van der Waals surface area contributed by atoms with Crippen molar-refractivity contribution < 1.29 is 22.7 Å². The lowest BCUT2D eigenvalue weighted by Gasteiger charge is -2.17. The Balaban J connectivity index is 2.56. The van der Waals surface area contributed by atoms with E-state index in [1.165, 1.54) is 7.11 Å². The fourth-order valence-corrected chi connectivity index (χ4v) is 1.69. The van der Waals surface area contributed by atoms with Gasteiger partial charge in [-0.15, -0.1) is 0 Å². The maximum atomic E-state index is 12.0. The van der Waals surface area contributed by atoms with Gasteiger partial charge in [-0.25, -0.2) is 0 Å². The number of rotatable bonds is 5. The molecule has 1 rings (SSSR count). The van der Waals surface area contributed by atoms with Gasteiger partial charge in [0.15, 0.2) is 0 Å². The normalized spacial score (nSPS) is 13.1. The van der Waals surface area contributed by atoms with Crippen molar-refractivity contribution in [1.29, 1.82) is 0 Å². The topological polar surface area (TPSA) is 38.3 Å². The highest BCUT2D eigenvalue weighted by molar-refractivity contribution is 6.30. The van der Waals surface area contributed by atoms with Crippen LogP contribution in [0.5, 0.6) is 0 Å². The second-order valence-corrected chi connectivity index (χ2v) is 4.31. The highest BCUT2D eigenvalue weighted by Gasteiger charge is 2.31. The molecule has 1 N–H and O–H groups in total. The van der Waals surface area contributed by atoms with E-state index in [1.807, 2.05) is 0 Å². The number of halogens is 4. The number of hydrogen-bond acceptors (Lipinski definition) is 2. The number of amides is 1. The molecule has 19 heavy (non-hydrogen) atoms. The number of nitrogens with one attached hydrogen (secondary N) is 1. The van der Waals surface area contributed by atoms with Crippen LogP contribution in [0.2, 0.25) is 5.02 Å². The van der Waals surface area contributed by atoms with Crippen molar-refractivity contribution in [3.05, 3.63) is 34.9 Å². The van der Waals surface area contributed by atoms with Crippen LogP contribution in [0.4, 0.5) is 13.2 Å². The molecule has 0 heterocycles. The summed E-state index contributed by atoms with van der Waals surface area (Å²) >= 11 is 5.80. The summed E-state index contributed by atoms with van der Waals surface area (Å²) in [5.74, 6) is -1.09. The van der Waals surface area contributed by atoms with Gasteiger partial charge in [-0.2, -0.15) is 13.2 Å². The molecule has 0 spiro atoms. The Kier molecular flexibility index (Phi) is 5.62. The molecule has 0 aliphatic carbocycles. The third kappa shape index (κ3) is 5.94. The van der Waals surface area contributed by atoms with Crippen molar-refractivity contribution in [2.75, 3.05) is 13.7 Å². The monoisotopic (exact) mass is 295 g/mol. The second-order valence-electron chi connectivity index (χ2n) is 3.88. The molecule has 0 aliphatic rings. The minimum Gasteiger partial charge on any atom is -0.375 e. The zero-order valence-electron chi connectivity index (χ0n) is 10.1. The number of benzene rings is 1. The Labute approximate surface area is 113 Å². The largest absolute Gasteiger partial charge is 0.397 e. The van der Waals surface area contributed by atoms with Crippen LogP contribution in [0.1, 0.15) is 18.1 Å². The predicted octanol–water partition coefficient (Wildman–Crippen LogP) is 3.10. The molecule has 0 aliphatic heterocycles. The number of methoxy groups -OCH3 is 1. The molecule has 7 heteroatoms. The fourth-order valence-electron chi connectivity index (χ4n) is 1.50. The smallest absolute Gasteiger partial charge is 0.375 e. The zero-order valence-corrected chi connectivity index (χ0v) is 10.9. The first-order valence-corrected chi connectivity index (χ1v) is 5.81. The Morgan fingerprint density at radius 2 is 2.16 bits per heavy atom. The lowest BCUT2D eigenvalue weighted by molar-refractivity contribution is -0.154. The van der Waals surface area contributed by atoms with Crippen LogP contribution in [0, 0.1) is 0 Å². The Morgan fingerprint density at radius 3 is 2.68 bits per heavy atom. The number of carbonyl (C=O) groups is 1. The quantitative estimate of drug-likeness (QED) is 0.906. The van der Waals surface area contributed by atoms with E-state index in [0.717, 1.165) is 0 Å². The summed E-state index contributed by atoms with van der Waals surface area (Å²) in [7, 11) is 1.40. The van der Waals surface area contributed by atoms with Gasteiger partial charge in [-0.05, 0) is 17.7 Å². The van der Waals surface area contributed by atoms with E-state index in [9.17, 15) is 18.0 Å². The summed E-state index contributed by atoms with van der Waals surface area (Å²) in [5, 5.41) is 2.67. The Bertz CT molecular complexity index is 437. The molecular formula is C12H13ClF3NO2. The number of alkyl halides is 3. The zero-order chi connectivity index (χ0) is 14.5. The Morgan fingerprint density at radius 1 is 1.47 bits per heavy atom. The third-order valence-electron chi connectivity index (χ3n) is 2.35. The Hall–Kier alpha value is -1.27. The summed E-state index contributed by atoms with van der Waals surface area (Å²) in [4.78, 5) is 11.1.